The number of hydrogen-bond acceptors (Lipinski definition) is 12. The number of nitrogens with one attached hydrogen (secondary N) is 2. The number of aliphatic hydroxyl groups is 2. The van der Waals surface area contributed by atoms with E-state index in [1.165, 1.54) is 33.3 Å². The number of rotatable bonds is 10. The smallest absolute Gasteiger partial charge is 0.376 e. The number of anilines is 3. The zero-order chi connectivity index (χ0) is 16.6. The van der Waals surface area contributed by atoms with Crippen LogP contribution in [-0.2, 0) is 19.2 Å². The molecule has 0 bridgehead atoms. The first-order valence-corrected chi connectivity index (χ1v) is 6.08. The van der Waals surface area contributed by atoms with E-state index in [-0.39, 0.29) is 31.3 Å². The lowest BCUT2D eigenvalue weighted by molar-refractivity contribution is -0.488. The standard InChI is InChI=1S/C10H20N6O6/c1-16(10(19-2,20-3)22-21-4)9-14-7(11-5-17)13-8(15-9)12-6-18/h17-18H,5-6H2,1-4H3,(H2,11,12,13,14,15). The first kappa shape index (κ1) is 18.2. The van der Waals surface area contributed by atoms with Crippen molar-refractivity contribution in [2.75, 3.05) is 57.4 Å². The van der Waals surface area contributed by atoms with Crippen molar-refractivity contribution in [1.29, 1.82) is 0 Å². The van der Waals surface area contributed by atoms with E-state index in [0.717, 1.165) is 0 Å². The number of methoxy groups -OCH3 is 2. The second-order valence-electron chi connectivity index (χ2n) is 3.69. The molecule has 0 saturated heterocycles. The summed E-state index contributed by atoms with van der Waals surface area (Å²) in [5.74, 6) is 0.185. The molecule has 1 rings (SSSR count). The van der Waals surface area contributed by atoms with Gasteiger partial charge in [-0.3, -0.25) is 4.90 Å². The lowest BCUT2D eigenvalue weighted by atomic mass is 10.6. The molecule has 0 atom stereocenters. The monoisotopic (exact) mass is 320 g/mol. The van der Waals surface area contributed by atoms with Crippen molar-refractivity contribution in [2.45, 2.75) is 6.10 Å². The Morgan fingerprint density at radius 3 is 1.86 bits per heavy atom. The van der Waals surface area contributed by atoms with Gasteiger partial charge in [0.25, 0.3) is 0 Å². The first-order chi connectivity index (χ1) is 10.6. The number of nitrogens with zero attached hydrogens (tertiary/aromatic N) is 4. The Morgan fingerprint density at radius 1 is 1.00 bits per heavy atom. The molecule has 1 heterocycles. The highest BCUT2D eigenvalue weighted by Crippen LogP contribution is 2.24. The summed E-state index contributed by atoms with van der Waals surface area (Å²) in [6.45, 7) is -0.778. The molecular formula is C10H20N6O6. The fourth-order valence-corrected chi connectivity index (χ4v) is 1.52. The minimum Gasteiger partial charge on any atom is -0.376 e. The third kappa shape index (κ3) is 4.09. The molecule has 0 aliphatic carbocycles. The van der Waals surface area contributed by atoms with E-state index in [1.807, 2.05) is 0 Å². The van der Waals surface area contributed by atoms with Crippen molar-refractivity contribution in [3.05, 3.63) is 0 Å². The van der Waals surface area contributed by atoms with Gasteiger partial charge in [-0.25, -0.2) is 4.89 Å². The molecule has 0 aliphatic heterocycles. The lowest BCUT2D eigenvalue weighted by Gasteiger charge is -2.35. The molecule has 12 nitrogen and oxygen atoms in total. The van der Waals surface area contributed by atoms with Gasteiger partial charge in [0.15, 0.2) is 0 Å². The summed E-state index contributed by atoms with van der Waals surface area (Å²) in [5.41, 5.74) is 0. The van der Waals surface area contributed by atoms with E-state index >= 15 is 0 Å². The maximum absolute atomic E-state index is 8.92. The summed E-state index contributed by atoms with van der Waals surface area (Å²) in [6.07, 6.45) is -1.75. The molecule has 126 valence electrons. The van der Waals surface area contributed by atoms with Gasteiger partial charge in [0.1, 0.15) is 13.5 Å². The number of ether oxygens (including phenoxy) is 2. The molecule has 12 heteroatoms. The van der Waals surface area contributed by atoms with Gasteiger partial charge in [-0.1, -0.05) is 0 Å². The Hall–Kier alpha value is -1.83. The predicted octanol–water partition coefficient (Wildman–Crippen LogP) is -1.49. The quantitative estimate of drug-likeness (QED) is 0.226. The molecule has 0 radical (unpaired) electrons. The van der Waals surface area contributed by atoms with Gasteiger partial charge in [0.2, 0.25) is 17.8 Å². The third-order valence-electron chi connectivity index (χ3n) is 2.51. The molecular weight excluding hydrogens is 300 g/mol. The zero-order valence-electron chi connectivity index (χ0n) is 12.7. The molecule has 1 aromatic rings. The highest BCUT2D eigenvalue weighted by molar-refractivity contribution is 5.43. The molecule has 0 amide bonds. The van der Waals surface area contributed by atoms with Crippen LogP contribution < -0.4 is 15.5 Å². The number of aliphatic hydroxyl groups excluding tert-OH is 2. The Bertz CT molecular complexity index is 435. The summed E-state index contributed by atoms with van der Waals surface area (Å²) in [7, 11) is 5.47. The van der Waals surface area contributed by atoms with Crippen LogP contribution in [0.5, 0.6) is 0 Å². The Kier molecular flexibility index (Phi) is 7.10. The molecule has 22 heavy (non-hydrogen) atoms. The van der Waals surface area contributed by atoms with Gasteiger partial charge >= 0.3 is 6.10 Å². The molecule has 0 aromatic carbocycles. The minimum absolute atomic E-state index is 0.0580. The van der Waals surface area contributed by atoms with Crippen molar-refractivity contribution < 1.29 is 29.5 Å². The van der Waals surface area contributed by atoms with E-state index in [2.05, 4.69) is 30.5 Å². The molecule has 4 N–H and O–H groups in total. The SMILES string of the molecule is COOC(OC)(OC)N(C)c1nc(NCO)nc(NCO)n1. The van der Waals surface area contributed by atoms with Gasteiger partial charge < -0.3 is 30.3 Å². The molecule has 0 saturated carbocycles. The minimum atomic E-state index is -1.75. The van der Waals surface area contributed by atoms with E-state index in [9.17, 15) is 0 Å². The van der Waals surface area contributed by atoms with E-state index in [1.54, 1.807) is 0 Å². The summed E-state index contributed by atoms with van der Waals surface area (Å²) < 4.78 is 10.3. The highest BCUT2D eigenvalue weighted by Gasteiger charge is 2.40. The first-order valence-electron chi connectivity index (χ1n) is 6.08. The average Bonchev–Trinajstić information content (AvgIpc) is 2.52. The maximum Gasteiger partial charge on any atom is 0.405 e. The Morgan fingerprint density at radius 2 is 1.50 bits per heavy atom. The molecule has 0 fully saturated rings. The van der Waals surface area contributed by atoms with Crippen molar-refractivity contribution >= 4 is 17.8 Å². The van der Waals surface area contributed by atoms with Gasteiger partial charge in [0.05, 0.1) is 7.11 Å². The van der Waals surface area contributed by atoms with Crippen molar-refractivity contribution in [3.8, 4) is 0 Å². The highest BCUT2D eigenvalue weighted by atomic mass is 17.3. The van der Waals surface area contributed by atoms with Gasteiger partial charge in [0, 0.05) is 21.3 Å². The predicted molar refractivity (Wildman–Crippen MR) is 74.5 cm³/mol. The summed E-state index contributed by atoms with van der Waals surface area (Å²) in [5, 5.41) is 22.9. The van der Waals surface area contributed by atoms with E-state index in [4.69, 9.17) is 24.6 Å². The maximum atomic E-state index is 8.92. The number of aromatic nitrogens is 3. The van der Waals surface area contributed by atoms with Crippen LogP contribution in [0.1, 0.15) is 0 Å². The summed E-state index contributed by atoms with van der Waals surface area (Å²) in [4.78, 5) is 22.9. The van der Waals surface area contributed by atoms with Gasteiger partial charge in [-0.15, -0.1) is 0 Å². The van der Waals surface area contributed by atoms with Crippen LogP contribution in [0, 0.1) is 0 Å². The van der Waals surface area contributed by atoms with Crippen molar-refractivity contribution in [3.63, 3.8) is 0 Å². The van der Waals surface area contributed by atoms with Crippen molar-refractivity contribution in [1.82, 2.24) is 15.0 Å². The van der Waals surface area contributed by atoms with Crippen LogP contribution in [0.3, 0.4) is 0 Å². The number of hydrogen-bond donors (Lipinski definition) is 4. The average molecular weight is 320 g/mol. The van der Waals surface area contributed by atoms with Crippen molar-refractivity contribution in [2.24, 2.45) is 0 Å². The molecule has 1 aromatic heterocycles. The third-order valence-corrected chi connectivity index (χ3v) is 2.51. The van der Waals surface area contributed by atoms with Crippen LogP contribution in [0.4, 0.5) is 17.8 Å². The Balaban J connectivity index is 3.20. The molecule has 0 unspecified atom stereocenters. The largest absolute Gasteiger partial charge is 0.405 e. The Labute approximate surface area is 126 Å². The lowest BCUT2D eigenvalue weighted by Crippen LogP contribution is -2.53. The van der Waals surface area contributed by atoms with E-state index < -0.39 is 6.10 Å². The summed E-state index contributed by atoms with van der Waals surface area (Å²) >= 11 is 0. The second-order valence-corrected chi connectivity index (χ2v) is 3.69. The zero-order valence-corrected chi connectivity index (χ0v) is 12.7. The molecule has 0 spiro atoms. The van der Waals surface area contributed by atoms with Crippen LogP contribution in [0.15, 0.2) is 0 Å². The fraction of sp³-hybridized carbons (Fsp3) is 0.700. The normalized spacial score (nSPS) is 11.4. The van der Waals surface area contributed by atoms with Crippen LogP contribution in [0.25, 0.3) is 0 Å². The van der Waals surface area contributed by atoms with Gasteiger partial charge in [-0.2, -0.15) is 19.8 Å². The van der Waals surface area contributed by atoms with Crippen LogP contribution in [-0.4, -0.2) is 73.1 Å². The summed E-state index contributed by atoms with van der Waals surface area (Å²) in [6, 6.07) is 0. The van der Waals surface area contributed by atoms with E-state index in [0.29, 0.717) is 0 Å². The van der Waals surface area contributed by atoms with Gasteiger partial charge in [-0.05, 0) is 0 Å². The second kappa shape index (κ2) is 8.57. The van der Waals surface area contributed by atoms with Crippen LogP contribution in [0.2, 0.25) is 0 Å². The molecule has 0 aliphatic rings. The fourth-order valence-electron chi connectivity index (χ4n) is 1.52. The topological polar surface area (TPSA) is 143 Å². The van der Waals surface area contributed by atoms with Crippen LogP contribution >= 0.6 is 0 Å².